The maximum atomic E-state index is 5.18. The largest absolute Gasteiger partial charge is 0.471 e. The number of hydrogen-bond acceptors (Lipinski definition) is 1. The summed E-state index contributed by atoms with van der Waals surface area (Å²) in [4.78, 5) is 5.18. The minimum Gasteiger partial charge on any atom is -0.471 e. The Hall–Kier alpha value is -2.24. The fourth-order valence-electron chi connectivity index (χ4n) is 4.95. The van der Waals surface area contributed by atoms with E-state index in [4.69, 9.17) is 4.99 Å². The van der Waals surface area contributed by atoms with E-state index in [9.17, 15) is 0 Å². The van der Waals surface area contributed by atoms with Crippen molar-refractivity contribution in [2.75, 3.05) is 0 Å². The molecule has 0 saturated carbocycles. The lowest BCUT2D eigenvalue weighted by molar-refractivity contribution is 0.554. The molecular weight excluding hydrogens is 489 g/mol. The molecule has 0 saturated heterocycles. The van der Waals surface area contributed by atoms with Crippen LogP contribution in [0.3, 0.4) is 0 Å². The second-order valence-corrected chi connectivity index (χ2v) is 15.8. The molecule has 0 fully saturated rings. The van der Waals surface area contributed by atoms with E-state index in [0.717, 1.165) is 5.69 Å². The third kappa shape index (κ3) is 7.49. The summed E-state index contributed by atoms with van der Waals surface area (Å²) in [5.41, 5.74) is 9.42. The molecule has 0 unspecified atom stereocenters. The van der Waals surface area contributed by atoms with Crippen LogP contribution in [0.4, 0.5) is 5.69 Å². The standard InChI is InChI=1S/C37H51NP/c1-24(2)28-18-16-19-29(25(3)4)33(28)38-23-26-17-14-15-20-32(26)39-34-30(36(8,9)10)21-27(35(5,6)7)22-31(34)37(11,12)13/h14-25H,1-13H3/q-1. The summed E-state index contributed by atoms with van der Waals surface area (Å²) >= 11 is 0. The molecule has 3 aromatic rings. The highest BCUT2D eigenvalue weighted by atomic mass is 31.1. The van der Waals surface area contributed by atoms with Crippen LogP contribution in [-0.2, 0) is 16.2 Å². The van der Waals surface area contributed by atoms with Crippen LogP contribution in [0.5, 0.6) is 0 Å². The molecule has 0 bridgehead atoms. The zero-order valence-electron chi connectivity index (χ0n) is 26.8. The smallest absolute Gasteiger partial charge is 0.0698 e. The first kappa shape index (κ1) is 31.3. The molecule has 0 spiro atoms. The normalized spacial score (nSPS) is 13.5. The second-order valence-electron chi connectivity index (χ2n) is 14.7. The summed E-state index contributed by atoms with van der Waals surface area (Å²) in [5.74, 6) is 0.850. The van der Waals surface area contributed by atoms with Gasteiger partial charge in [-0.25, -0.2) is 0 Å². The number of para-hydroxylation sites is 1. The highest BCUT2D eigenvalue weighted by Crippen LogP contribution is 2.38. The Bertz CT molecular complexity index is 1260. The number of rotatable bonds is 6. The molecule has 1 nitrogen and oxygen atoms in total. The minimum atomic E-state index is 0.0367. The van der Waals surface area contributed by atoms with E-state index in [1.165, 1.54) is 52.6 Å². The molecule has 210 valence electrons. The van der Waals surface area contributed by atoms with Gasteiger partial charge >= 0.3 is 0 Å². The van der Waals surface area contributed by atoms with E-state index in [1.54, 1.807) is 0 Å². The average molecular weight is 541 g/mol. The van der Waals surface area contributed by atoms with Crippen molar-refractivity contribution in [3.8, 4) is 0 Å². The van der Waals surface area contributed by atoms with Gasteiger partial charge in [-0.1, -0.05) is 156 Å². The van der Waals surface area contributed by atoms with E-state index < -0.39 is 0 Å². The van der Waals surface area contributed by atoms with Crippen molar-refractivity contribution in [2.24, 2.45) is 4.99 Å². The van der Waals surface area contributed by atoms with Gasteiger partial charge in [0.15, 0.2) is 0 Å². The molecule has 0 atom stereocenters. The first-order chi connectivity index (χ1) is 17.9. The molecule has 3 rings (SSSR count). The van der Waals surface area contributed by atoms with Crippen LogP contribution in [0.1, 0.15) is 135 Å². The molecule has 39 heavy (non-hydrogen) atoms. The average Bonchev–Trinajstić information content (AvgIpc) is 2.81. The summed E-state index contributed by atoms with van der Waals surface area (Å²) in [6.45, 7) is 30.1. The third-order valence-electron chi connectivity index (χ3n) is 7.44. The Morgan fingerprint density at radius 2 is 1.13 bits per heavy atom. The van der Waals surface area contributed by atoms with Crippen molar-refractivity contribution in [3.05, 3.63) is 88.0 Å². The van der Waals surface area contributed by atoms with Gasteiger partial charge in [0.25, 0.3) is 0 Å². The van der Waals surface area contributed by atoms with Crippen molar-refractivity contribution in [1.82, 2.24) is 0 Å². The Morgan fingerprint density at radius 3 is 1.56 bits per heavy atom. The zero-order valence-corrected chi connectivity index (χ0v) is 27.7. The van der Waals surface area contributed by atoms with Gasteiger partial charge in [-0.3, -0.25) is 4.99 Å². The minimum absolute atomic E-state index is 0.0367. The first-order valence-electron chi connectivity index (χ1n) is 14.6. The van der Waals surface area contributed by atoms with Gasteiger partial charge in [0, 0.05) is 6.21 Å². The molecule has 2 heteroatoms. The Morgan fingerprint density at radius 1 is 0.641 bits per heavy atom. The highest BCUT2D eigenvalue weighted by molar-refractivity contribution is 7.56. The van der Waals surface area contributed by atoms with Gasteiger partial charge in [-0.2, -0.15) is 10.6 Å². The SMILES string of the molecule is CC(C)c1cccc(C(C)C)c1N=Cc1ccccc1[P-]c1c(C(C)(C)C)cc(C(C)(C)C)cc1C(C)(C)C. The zero-order chi connectivity index (χ0) is 29.3. The molecule has 0 N–H and O–H groups in total. The summed E-state index contributed by atoms with van der Waals surface area (Å²) in [6, 6.07) is 20.4. The third-order valence-corrected chi connectivity index (χ3v) is 8.79. The summed E-state index contributed by atoms with van der Waals surface area (Å²) in [6.07, 6.45) is 2.10. The van der Waals surface area contributed by atoms with Crippen LogP contribution < -0.4 is 10.6 Å². The topological polar surface area (TPSA) is 12.4 Å². The predicted molar refractivity (Wildman–Crippen MR) is 177 cm³/mol. The van der Waals surface area contributed by atoms with E-state index in [2.05, 4.69) is 151 Å². The molecule has 3 aromatic carbocycles. The van der Waals surface area contributed by atoms with Gasteiger partial charge in [0.1, 0.15) is 0 Å². The van der Waals surface area contributed by atoms with Gasteiger partial charge in [0.2, 0.25) is 0 Å². The lowest BCUT2D eigenvalue weighted by atomic mass is 9.75. The fourth-order valence-corrected chi connectivity index (χ4v) is 6.65. The van der Waals surface area contributed by atoms with E-state index in [1.807, 2.05) is 0 Å². The monoisotopic (exact) mass is 540 g/mol. The Balaban J connectivity index is 2.21. The molecule has 0 aliphatic heterocycles. The number of benzene rings is 3. The number of aliphatic imine (C=N–C) groups is 1. The second kappa shape index (κ2) is 11.7. The maximum absolute atomic E-state index is 5.18. The van der Waals surface area contributed by atoms with Crippen LogP contribution in [0.2, 0.25) is 0 Å². The molecule has 0 amide bonds. The number of hydrogen-bond donors (Lipinski definition) is 0. The Kier molecular flexibility index (Phi) is 9.39. The summed E-state index contributed by atoms with van der Waals surface area (Å²) in [5, 5.41) is 2.74. The molecular formula is C37H51NP-. The fraction of sp³-hybridized carbons (Fsp3) is 0.486. The van der Waals surface area contributed by atoms with Crippen LogP contribution in [0.25, 0.3) is 0 Å². The lowest BCUT2D eigenvalue weighted by Gasteiger charge is -2.40. The van der Waals surface area contributed by atoms with Crippen LogP contribution in [0, 0.1) is 0 Å². The summed E-state index contributed by atoms with van der Waals surface area (Å²) < 4.78 is 0. The Labute approximate surface area is 241 Å². The first-order valence-corrected chi connectivity index (χ1v) is 15.5. The quantitative estimate of drug-likeness (QED) is 0.218. The molecule has 0 radical (unpaired) electrons. The van der Waals surface area contributed by atoms with Crippen LogP contribution in [0.15, 0.2) is 59.6 Å². The lowest BCUT2D eigenvalue weighted by Crippen LogP contribution is -2.31. The van der Waals surface area contributed by atoms with Crippen LogP contribution >= 0.6 is 8.58 Å². The predicted octanol–water partition coefficient (Wildman–Crippen LogP) is 10.5. The van der Waals surface area contributed by atoms with E-state index in [-0.39, 0.29) is 16.2 Å². The van der Waals surface area contributed by atoms with Crippen molar-refractivity contribution in [3.63, 3.8) is 0 Å². The van der Waals surface area contributed by atoms with Gasteiger partial charge in [0.05, 0.1) is 5.69 Å². The molecule has 0 aromatic heterocycles. The number of nitrogens with zero attached hydrogens (tertiary/aromatic N) is 1. The van der Waals surface area contributed by atoms with Crippen LogP contribution in [-0.4, -0.2) is 6.21 Å². The highest BCUT2D eigenvalue weighted by Gasteiger charge is 2.25. The van der Waals surface area contributed by atoms with Crippen molar-refractivity contribution in [2.45, 2.75) is 118 Å². The maximum Gasteiger partial charge on any atom is 0.0698 e. The van der Waals surface area contributed by atoms with E-state index >= 15 is 0 Å². The van der Waals surface area contributed by atoms with Crippen molar-refractivity contribution in [1.29, 1.82) is 0 Å². The molecule has 0 heterocycles. The molecule has 0 aliphatic carbocycles. The van der Waals surface area contributed by atoms with Crippen molar-refractivity contribution >= 4 is 31.1 Å². The van der Waals surface area contributed by atoms with Gasteiger partial charge in [-0.05, 0) is 50.3 Å². The van der Waals surface area contributed by atoms with E-state index in [0.29, 0.717) is 11.8 Å². The van der Waals surface area contributed by atoms with Gasteiger partial charge in [-0.15, -0.1) is 0 Å². The summed E-state index contributed by atoms with van der Waals surface area (Å²) in [7, 11) is 1.23. The van der Waals surface area contributed by atoms with Gasteiger partial charge < -0.3 is 8.58 Å². The molecule has 0 aliphatic rings. The van der Waals surface area contributed by atoms with Crippen molar-refractivity contribution < 1.29 is 0 Å².